The van der Waals surface area contributed by atoms with E-state index in [0.29, 0.717) is 28.7 Å². The molecule has 0 saturated carbocycles. The number of carbonyl (C=O) groups is 1. The van der Waals surface area contributed by atoms with Gasteiger partial charge in [-0.25, -0.2) is 0 Å². The summed E-state index contributed by atoms with van der Waals surface area (Å²) in [7, 11) is 3.09. The summed E-state index contributed by atoms with van der Waals surface area (Å²) >= 11 is 0. The summed E-state index contributed by atoms with van der Waals surface area (Å²) in [5.41, 5.74) is 7.99. The van der Waals surface area contributed by atoms with Gasteiger partial charge in [-0.1, -0.05) is 19.1 Å². The average molecular weight is 372 g/mol. The molecule has 0 aliphatic heterocycles. The molecule has 0 atom stereocenters. The van der Waals surface area contributed by atoms with Crippen LogP contribution in [0, 0.1) is 0 Å². The highest BCUT2D eigenvalue weighted by molar-refractivity contribution is 6.10. The van der Waals surface area contributed by atoms with E-state index in [2.05, 4.69) is 28.3 Å². The minimum Gasteiger partial charge on any atom is -0.497 e. The number of ketones is 1. The Balaban J connectivity index is 3.10. The first-order valence-electron chi connectivity index (χ1n) is 8.57. The lowest BCUT2D eigenvalue weighted by Crippen LogP contribution is -2.18. The molecule has 0 amide bonds. The molecule has 0 fully saturated rings. The summed E-state index contributed by atoms with van der Waals surface area (Å²) in [5, 5.41) is 2.93. The van der Waals surface area contributed by atoms with Gasteiger partial charge in [-0.2, -0.15) is 4.98 Å². The van der Waals surface area contributed by atoms with Gasteiger partial charge in [0, 0.05) is 5.70 Å². The number of allylic oxidation sites excluding steroid dienone is 6. The Labute approximate surface area is 160 Å². The zero-order valence-electron chi connectivity index (χ0n) is 16.8. The molecule has 0 bridgehead atoms. The van der Waals surface area contributed by atoms with Gasteiger partial charge in [-0.3, -0.25) is 9.78 Å². The van der Waals surface area contributed by atoms with Crippen molar-refractivity contribution in [3.63, 3.8) is 0 Å². The molecular formula is C20H28N4O3. The Morgan fingerprint density at radius 2 is 1.89 bits per heavy atom. The fourth-order valence-electron chi connectivity index (χ4n) is 2.21. The van der Waals surface area contributed by atoms with Gasteiger partial charge >= 0.3 is 0 Å². The molecule has 146 valence electrons. The van der Waals surface area contributed by atoms with E-state index in [9.17, 15) is 4.79 Å². The van der Waals surface area contributed by atoms with Gasteiger partial charge in [0.2, 0.25) is 11.7 Å². The lowest BCUT2D eigenvalue weighted by molar-refractivity contribution is -0.112. The maximum Gasteiger partial charge on any atom is 0.233 e. The van der Waals surface area contributed by atoms with Crippen molar-refractivity contribution in [3.8, 4) is 5.88 Å². The van der Waals surface area contributed by atoms with E-state index in [-0.39, 0.29) is 11.5 Å². The fourth-order valence-corrected chi connectivity index (χ4v) is 2.21. The smallest absolute Gasteiger partial charge is 0.233 e. The van der Waals surface area contributed by atoms with E-state index < -0.39 is 0 Å². The first-order valence-corrected chi connectivity index (χ1v) is 8.57. The number of methoxy groups -OCH3 is 2. The molecule has 0 saturated heterocycles. The van der Waals surface area contributed by atoms with Crippen LogP contribution in [0.3, 0.4) is 0 Å². The van der Waals surface area contributed by atoms with E-state index >= 15 is 0 Å². The monoisotopic (exact) mass is 372 g/mol. The minimum absolute atomic E-state index is 0.236. The topological polar surface area (TPSA) is 99.4 Å². The highest BCUT2D eigenvalue weighted by Crippen LogP contribution is 2.16. The molecule has 7 heteroatoms. The second kappa shape index (κ2) is 10.8. The van der Waals surface area contributed by atoms with Crippen molar-refractivity contribution >= 4 is 11.6 Å². The normalized spacial score (nSPS) is 13.8. The zero-order valence-corrected chi connectivity index (χ0v) is 16.8. The number of anilines is 1. The summed E-state index contributed by atoms with van der Waals surface area (Å²) in [6, 6.07) is 0. The molecule has 0 aromatic carbocycles. The first kappa shape index (κ1) is 22.0. The highest BCUT2D eigenvalue weighted by atomic mass is 16.5. The molecule has 7 nitrogen and oxygen atoms in total. The molecule has 0 unspecified atom stereocenters. The SMILES string of the molecule is CC/C=C(C)/C(=C\C=C(/C)C(=O)/C(Nc1cncc(OC)n1)=C(/C)N)OC. The van der Waals surface area contributed by atoms with E-state index in [1.165, 1.54) is 19.5 Å². The molecule has 0 spiro atoms. The number of ether oxygens (including phenoxy) is 2. The van der Waals surface area contributed by atoms with E-state index in [1.54, 1.807) is 33.1 Å². The van der Waals surface area contributed by atoms with E-state index in [4.69, 9.17) is 15.2 Å². The lowest BCUT2D eigenvalue weighted by atomic mass is 10.1. The van der Waals surface area contributed by atoms with Crippen LogP contribution in [-0.4, -0.2) is 30.0 Å². The first-order chi connectivity index (χ1) is 12.8. The third-order valence-electron chi connectivity index (χ3n) is 3.66. The van der Waals surface area contributed by atoms with Gasteiger partial charge in [-0.05, 0) is 44.4 Å². The molecule has 0 aliphatic rings. The summed E-state index contributed by atoms with van der Waals surface area (Å²) in [5.74, 6) is 1.15. The van der Waals surface area contributed by atoms with Crippen LogP contribution in [0.5, 0.6) is 5.88 Å². The quantitative estimate of drug-likeness (QED) is 0.389. The van der Waals surface area contributed by atoms with Crippen LogP contribution < -0.4 is 15.8 Å². The fraction of sp³-hybridized carbons (Fsp3) is 0.350. The average Bonchev–Trinajstić information content (AvgIpc) is 2.66. The van der Waals surface area contributed by atoms with Crippen LogP contribution in [0.15, 0.2) is 58.9 Å². The Hall–Kier alpha value is -3.09. The van der Waals surface area contributed by atoms with Crippen LogP contribution in [0.4, 0.5) is 5.82 Å². The summed E-state index contributed by atoms with van der Waals surface area (Å²) in [6.45, 7) is 7.37. The number of carbonyl (C=O) groups excluding carboxylic acids is 1. The summed E-state index contributed by atoms with van der Waals surface area (Å²) in [4.78, 5) is 21.0. The largest absolute Gasteiger partial charge is 0.497 e. The maximum absolute atomic E-state index is 12.8. The van der Waals surface area contributed by atoms with Crippen LogP contribution in [-0.2, 0) is 9.53 Å². The van der Waals surface area contributed by atoms with Gasteiger partial charge < -0.3 is 20.5 Å². The number of nitrogens with one attached hydrogen (secondary N) is 1. The van der Waals surface area contributed by atoms with Crippen molar-refractivity contribution < 1.29 is 14.3 Å². The Morgan fingerprint density at radius 1 is 1.19 bits per heavy atom. The third kappa shape index (κ3) is 6.62. The standard InChI is InChI=1S/C20H28N4O3/c1-7-8-13(2)16(26-5)10-9-14(3)20(25)19(15(4)21)24-17-11-22-12-18(23-17)27-6/h8-12H,7,21H2,1-6H3,(H,23,24)/b13-8+,14-9+,16-10+,19-15+. The molecule has 1 aromatic rings. The van der Waals surface area contributed by atoms with Gasteiger partial charge in [0.15, 0.2) is 5.82 Å². The second-order valence-corrected chi connectivity index (χ2v) is 5.84. The van der Waals surface area contributed by atoms with Crippen molar-refractivity contribution in [1.29, 1.82) is 0 Å². The maximum atomic E-state index is 12.8. The van der Waals surface area contributed by atoms with Crippen molar-refractivity contribution in [3.05, 3.63) is 58.9 Å². The third-order valence-corrected chi connectivity index (χ3v) is 3.66. The molecule has 1 rings (SSSR count). The summed E-state index contributed by atoms with van der Waals surface area (Å²) in [6.07, 6.45) is 9.39. The van der Waals surface area contributed by atoms with Gasteiger partial charge in [0.1, 0.15) is 11.5 Å². The Morgan fingerprint density at radius 3 is 2.44 bits per heavy atom. The van der Waals surface area contributed by atoms with Crippen LogP contribution in [0.1, 0.15) is 34.1 Å². The van der Waals surface area contributed by atoms with E-state index in [0.717, 1.165) is 12.0 Å². The Kier molecular flexibility index (Phi) is 8.78. The molecular weight excluding hydrogens is 344 g/mol. The number of hydrogen-bond donors (Lipinski definition) is 2. The zero-order chi connectivity index (χ0) is 20.4. The van der Waals surface area contributed by atoms with Gasteiger partial charge in [0.05, 0.1) is 26.6 Å². The van der Waals surface area contributed by atoms with E-state index in [1.807, 2.05) is 6.92 Å². The predicted octanol–water partition coefficient (Wildman–Crippen LogP) is 3.49. The van der Waals surface area contributed by atoms with Crippen molar-refractivity contribution in [1.82, 2.24) is 9.97 Å². The van der Waals surface area contributed by atoms with Crippen LogP contribution >= 0.6 is 0 Å². The predicted molar refractivity (Wildman–Crippen MR) is 107 cm³/mol. The van der Waals surface area contributed by atoms with Crippen molar-refractivity contribution in [2.45, 2.75) is 34.1 Å². The molecule has 1 aromatic heterocycles. The molecule has 0 aliphatic carbocycles. The van der Waals surface area contributed by atoms with Crippen molar-refractivity contribution in [2.75, 3.05) is 19.5 Å². The van der Waals surface area contributed by atoms with Gasteiger partial charge in [0.25, 0.3) is 0 Å². The number of aromatic nitrogens is 2. The second-order valence-electron chi connectivity index (χ2n) is 5.84. The molecule has 0 radical (unpaired) electrons. The number of Topliss-reactive ketones (excluding diaryl/α,β-unsaturated/α-hetero) is 1. The lowest BCUT2D eigenvalue weighted by Gasteiger charge is -2.12. The molecule has 3 N–H and O–H groups in total. The Bertz CT molecular complexity index is 788. The number of nitrogens with zero attached hydrogens (tertiary/aromatic N) is 2. The summed E-state index contributed by atoms with van der Waals surface area (Å²) < 4.78 is 10.4. The molecule has 1 heterocycles. The minimum atomic E-state index is -0.247. The molecule has 27 heavy (non-hydrogen) atoms. The van der Waals surface area contributed by atoms with Crippen molar-refractivity contribution in [2.24, 2.45) is 5.73 Å². The number of rotatable bonds is 9. The van der Waals surface area contributed by atoms with Gasteiger partial charge in [-0.15, -0.1) is 0 Å². The number of hydrogen-bond acceptors (Lipinski definition) is 7. The highest BCUT2D eigenvalue weighted by Gasteiger charge is 2.15. The van der Waals surface area contributed by atoms with Crippen LogP contribution in [0.25, 0.3) is 0 Å². The number of nitrogens with two attached hydrogens (primary N) is 1. The van der Waals surface area contributed by atoms with Crippen LogP contribution in [0.2, 0.25) is 0 Å².